The molecule has 0 aliphatic carbocycles. The SMILES string of the molecule is CCOC(=O)CN(Sc1c(F)cccc1F)c1ccc(N(CC(=O)OCC)[SH](=O)=O)c2ccccc12. The molecular formula is C24H24F2N2O6S2. The van der Waals surface area contributed by atoms with Gasteiger partial charge >= 0.3 is 11.9 Å². The van der Waals surface area contributed by atoms with E-state index in [-0.39, 0.29) is 30.3 Å². The van der Waals surface area contributed by atoms with Crippen LogP contribution in [-0.4, -0.2) is 46.7 Å². The van der Waals surface area contributed by atoms with Gasteiger partial charge in [-0.2, -0.15) is 0 Å². The maximum atomic E-state index is 14.4. The first-order valence-electron chi connectivity index (χ1n) is 10.9. The summed E-state index contributed by atoms with van der Waals surface area (Å²) in [5.74, 6) is -2.96. The summed E-state index contributed by atoms with van der Waals surface area (Å²) in [7, 11) is -3.21. The molecular weight excluding hydrogens is 514 g/mol. The van der Waals surface area contributed by atoms with Crippen LogP contribution in [0.3, 0.4) is 0 Å². The van der Waals surface area contributed by atoms with Gasteiger partial charge in [0.25, 0.3) is 0 Å². The van der Waals surface area contributed by atoms with Crippen molar-refractivity contribution in [2.24, 2.45) is 0 Å². The number of carbonyl (C=O) groups excluding carboxylic acids is 2. The van der Waals surface area contributed by atoms with E-state index >= 15 is 0 Å². The zero-order chi connectivity index (χ0) is 26.2. The minimum absolute atomic E-state index is 0.0919. The Kier molecular flexibility index (Phi) is 9.48. The van der Waals surface area contributed by atoms with E-state index in [1.807, 2.05) is 0 Å². The number of anilines is 2. The van der Waals surface area contributed by atoms with Gasteiger partial charge in [0.05, 0.1) is 24.6 Å². The molecule has 36 heavy (non-hydrogen) atoms. The van der Waals surface area contributed by atoms with E-state index in [1.165, 1.54) is 22.5 Å². The van der Waals surface area contributed by atoms with Gasteiger partial charge in [-0.3, -0.25) is 13.9 Å². The number of hydrogen-bond acceptors (Lipinski definition) is 8. The van der Waals surface area contributed by atoms with Gasteiger partial charge in [-0.15, -0.1) is 0 Å². The Morgan fingerprint density at radius 3 is 1.89 bits per heavy atom. The number of hydrogen-bond donors (Lipinski definition) is 1. The molecule has 0 spiro atoms. The summed E-state index contributed by atoms with van der Waals surface area (Å²) in [5, 5.41) is 0.913. The van der Waals surface area contributed by atoms with Crippen molar-refractivity contribution in [1.82, 2.24) is 0 Å². The fourth-order valence-electron chi connectivity index (χ4n) is 3.44. The summed E-state index contributed by atoms with van der Waals surface area (Å²) < 4.78 is 65.2. The minimum Gasteiger partial charge on any atom is -0.465 e. The predicted octanol–water partition coefficient (Wildman–Crippen LogP) is 4.09. The Morgan fingerprint density at radius 2 is 1.33 bits per heavy atom. The van der Waals surface area contributed by atoms with Crippen LogP contribution in [0.1, 0.15) is 13.8 Å². The molecule has 12 heteroatoms. The Balaban J connectivity index is 2.13. The molecule has 3 aromatic carbocycles. The number of carbonyl (C=O) groups is 2. The zero-order valence-corrected chi connectivity index (χ0v) is 21.2. The summed E-state index contributed by atoms with van der Waals surface area (Å²) >= 11 is 0.677. The third kappa shape index (κ3) is 6.43. The van der Waals surface area contributed by atoms with Gasteiger partial charge < -0.3 is 13.8 Å². The van der Waals surface area contributed by atoms with Crippen molar-refractivity contribution in [2.75, 3.05) is 34.9 Å². The Hall–Kier alpha value is -3.38. The molecule has 0 unspecified atom stereocenters. The van der Waals surface area contributed by atoms with Crippen molar-refractivity contribution >= 4 is 56.9 Å². The molecule has 0 atom stereocenters. The molecule has 192 valence electrons. The lowest BCUT2D eigenvalue weighted by Gasteiger charge is -2.26. The van der Waals surface area contributed by atoms with Crippen molar-refractivity contribution < 1.29 is 36.3 Å². The van der Waals surface area contributed by atoms with Crippen LogP contribution in [0.2, 0.25) is 0 Å². The van der Waals surface area contributed by atoms with Crippen molar-refractivity contribution in [2.45, 2.75) is 18.7 Å². The Bertz CT molecular complexity index is 1310. The number of ether oxygens (including phenoxy) is 2. The molecule has 0 saturated heterocycles. The number of esters is 2. The first-order valence-corrected chi connectivity index (χ1v) is 12.8. The van der Waals surface area contributed by atoms with E-state index in [0.717, 1.165) is 16.4 Å². The van der Waals surface area contributed by atoms with E-state index in [1.54, 1.807) is 38.1 Å². The molecule has 0 saturated carbocycles. The fourth-order valence-corrected chi connectivity index (χ4v) is 4.98. The molecule has 3 rings (SSSR count). The van der Waals surface area contributed by atoms with E-state index < -0.39 is 41.0 Å². The van der Waals surface area contributed by atoms with Gasteiger partial charge in [0, 0.05) is 10.8 Å². The highest BCUT2D eigenvalue weighted by atomic mass is 32.2. The zero-order valence-electron chi connectivity index (χ0n) is 19.5. The lowest BCUT2D eigenvalue weighted by atomic mass is 10.1. The van der Waals surface area contributed by atoms with E-state index in [0.29, 0.717) is 28.4 Å². The van der Waals surface area contributed by atoms with E-state index in [2.05, 4.69) is 0 Å². The monoisotopic (exact) mass is 538 g/mol. The quantitative estimate of drug-likeness (QED) is 0.222. The van der Waals surface area contributed by atoms with E-state index in [9.17, 15) is 26.8 Å². The second kappa shape index (κ2) is 12.5. The molecule has 8 nitrogen and oxygen atoms in total. The number of nitrogens with zero attached hydrogens (tertiary/aromatic N) is 2. The normalized spacial score (nSPS) is 10.9. The third-order valence-corrected chi connectivity index (χ3v) is 6.77. The highest BCUT2D eigenvalue weighted by Crippen LogP contribution is 2.39. The van der Waals surface area contributed by atoms with Gasteiger partial charge in [-0.1, -0.05) is 30.3 Å². The topological polar surface area (TPSA) is 93.2 Å². The van der Waals surface area contributed by atoms with Gasteiger partial charge in [-0.25, -0.2) is 17.2 Å². The van der Waals surface area contributed by atoms with E-state index in [4.69, 9.17) is 9.47 Å². The number of rotatable bonds is 11. The standard InChI is InChI=1S/C24H24F2N2O6S2/c1-3-33-22(29)14-27(35-24-18(25)10-7-11-19(24)26)20-12-13-21(17-9-6-5-8-16(17)20)28(36(31)32)15-23(30)34-4-2/h5-13,36H,3-4,14-15H2,1-2H3. The van der Waals surface area contributed by atoms with Gasteiger partial charge in [-0.05, 0) is 50.1 Å². The number of benzene rings is 3. The summed E-state index contributed by atoms with van der Waals surface area (Å²) in [4.78, 5) is 24.1. The first kappa shape index (κ1) is 27.2. The van der Waals surface area contributed by atoms with Crippen LogP contribution < -0.4 is 8.61 Å². The molecule has 0 amide bonds. The molecule has 0 aromatic heterocycles. The highest BCUT2D eigenvalue weighted by Gasteiger charge is 2.23. The Labute approximate surface area is 213 Å². The van der Waals surface area contributed by atoms with Crippen LogP contribution >= 0.6 is 11.9 Å². The molecule has 0 heterocycles. The van der Waals surface area contributed by atoms with Crippen LogP contribution in [0, 0.1) is 11.6 Å². The van der Waals surface area contributed by atoms with Crippen molar-refractivity contribution in [3.8, 4) is 0 Å². The van der Waals surface area contributed by atoms with Crippen LogP contribution in [0.5, 0.6) is 0 Å². The number of thiol groups is 1. The van der Waals surface area contributed by atoms with Crippen molar-refractivity contribution in [3.63, 3.8) is 0 Å². The summed E-state index contributed by atoms with van der Waals surface area (Å²) in [5.41, 5.74) is 0.587. The molecule has 0 bridgehead atoms. The second-order valence-electron chi connectivity index (χ2n) is 7.23. The van der Waals surface area contributed by atoms with Gasteiger partial charge in [0.15, 0.2) is 0 Å². The van der Waals surface area contributed by atoms with Crippen molar-refractivity contribution in [3.05, 3.63) is 66.2 Å². The first-order chi connectivity index (χ1) is 17.3. The molecule has 0 aliphatic rings. The smallest absolute Gasteiger partial charge is 0.326 e. The van der Waals surface area contributed by atoms with Crippen LogP contribution in [0.15, 0.2) is 59.5 Å². The van der Waals surface area contributed by atoms with Crippen LogP contribution in [0.25, 0.3) is 10.8 Å². The van der Waals surface area contributed by atoms with Gasteiger partial charge in [0.2, 0.25) is 10.9 Å². The Morgan fingerprint density at radius 1 is 0.806 bits per heavy atom. The lowest BCUT2D eigenvalue weighted by Crippen LogP contribution is -2.30. The summed E-state index contributed by atoms with van der Waals surface area (Å²) in [6.07, 6.45) is 0. The maximum Gasteiger partial charge on any atom is 0.326 e. The molecule has 0 aliphatic heterocycles. The van der Waals surface area contributed by atoms with Crippen molar-refractivity contribution in [1.29, 1.82) is 0 Å². The average Bonchev–Trinajstić information content (AvgIpc) is 2.84. The molecule has 0 fully saturated rings. The number of halogens is 2. The van der Waals surface area contributed by atoms with Gasteiger partial charge in [0.1, 0.15) is 29.6 Å². The summed E-state index contributed by atoms with van der Waals surface area (Å²) in [6, 6.07) is 13.1. The average molecular weight is 539 g/mol. The molecule has 0 N–H and O–H groups in total. The molecule has 3 aromatic rings. The highest BCUT2D eigenvalue weighted by molar-refractivity contribution is 8.00. The number of fused-ring (bicyclic) bond motifs is 1. The lowest BCUT2D eigenvalue weighted by molar-refractivity contribution is -0.142. The second-order valence-corrected chi connectivity index (χ2v) is 9.22. The minimum atomic E-state index is -3.21. The predicted molar refractivity (Wildman–Crippen MR) is 134 cm³/mol. The third-order valence-electron chi connectivity index (χ3n) is 4.90. The fraction of sp³-hybridized carbons (Fsp3) is 0.250. The maximum absolute atomic E-state index is 14.4. The molecule has 0 radical (unpaired) electrons. The van der Waals surface area contributed by atoms with Crippen LogP contribution in [-0.2, 0) is 30.0 Å². The summed E-state index contributed by atoms with van der Waals surface area (Å²) in [6.45, 7) is 2.57. The van der Waals surface area contributed by atoms with Crippen LogP contribution in [0.4, 0.5) is 20.2 Å². The largest absolute Gasteiger partial charge is 0.465 e.